The van der Waals surface area contributed by atoms with Gasteiger partial charge in [0, 0.05) is 18.1 Å². The maximum atomic E-state index is 12.5. The van der Waals surface area contributed by atoms with Crippen molar-refractivity contribution in [3.63, 3.8) is 0 Å². The van der Waals surface area contributed by atoms with Gasteiger partial charge in [-0.05, 0) is 55.2 Å². The molecular weight excluding hydrogens is 376 g/mol. The average Bonchev–Trinajstić information content (AvgIpc) is 3.21. The predicted molar refractivity (Wildman–Crippen MR) is 114 cm³/mol. The predicted octanol–water partition coefficient (Wildman–Crippen LogP) is 4.69. The Morgan fingerprint density at radius 1 is 1.21 bits per heavy atom. The summed E-state index contributed by atoms with van der Waals surface area (Å²) in [5, 5.41) is 3.51. The van der Waals surface area contributed by atoms with E-state index in [1.165, 1.54) is 0 Å². The second kappa shape index (κ2) is 9.51. The molecule has 1 aliphatic rings. The number of ether oxygens (including phenoxy) is 2. The Balaban J connectivity index is 1.66. The first kappa shape index (κ1) is 20.1. The number of nitrogens with one attached hydrogen (secondary N) is 1. The van der Waals surface area contributed by atoms with Crippen LogP contribution in [0.5, 0.6) is 11.5 Å². The van der Waals surface area contributed by atoms with E-state index in [0.29, 0.717) is 22.2 Å². The molecule has 0 saturated carbocycles. The zero-order chi connectivity index (χ0) is 19.9. The molecule has 148 valence electrons. The highest BCUT2D eigenvalue weighted by Crippen LogP contribution is 2.32. The second-order valence-electron chi connectivity index (χ2n) is 6.67. The zero-order valence-electron chi connectivity index (χ0n) is 16.0. The summed E-state index contributed by atoms with van der Waals surface area (Å²) in [5.74, 6) is 0.865. The number of hydrogen-bond donors (Lipinski definition) is 1. The Kier molecular flexibility index (Phi) is 6.82. The Morgan fingerprint density at radius 2 is 2.00 bits per heavy atom. The van der Waals surface area contributed by atoms with E-state index < -0.39 is 0 Å². The second-order valence-corrected chi connectivity index (χ2v) is 7.11. The molecule has 2 aromatic rings. The summed E-state index contributed by atoms with van der Waals surface area (Å²) in [6.45, 7) is 5.58. The standard InChI is InChI=1S/C22H25ClN2O3/c1-3-6-16-7-10-20(21(13-16)27-2)28-15-22(26)24-18-14-17(23)8-9-19(18)25-11-4-5-12-25/h3,7-10,13-14H,1,4-6,11-12,15H2,2H3,(H,24,26). The van der Waals surface area contributed by atoms with Gasteiger partial charge in [-0.3, -0.25) is 4.79 Å². The van der Waals surface area contributed by atoms with Crippen LogP contribution >= 0.6 is 11.6 Å². The number of carbonyl (C=O) groups excluding carboxylic acids is 1. The smallest absolute Gasteiger partial charge is 0.262 e. The SMILES string of the molecule is C=CCc1ccc(OCC(=O)Nc2cc(Cl)ccc2N2CCCC2)c(OC)c1. The summed E-state index contributed by atoms with van der Waals surface area (Å²) < 4.78 is 11.1. The number of halogens is 1. The average molecular weight is 401 g/mol. The Hall–Kier alpha value is -2.66. The van der Waals surface area contributed by atoms with E-state index in [9.17, 15) is 4.79 Å². The fraction of sp³-hybridized carbons (Fsp3) is 0.318. The first-order valence-electron chi connectivity index (χ1n) is 9.35. The summed E-state index contributed by atoms with van der Waals surface area (Å²) >= 11 is 6.14. The van der Waals surface area contributed by atoms with Crippen LogP contribution in [-0.2, 0) is 11.2 Å². The van der Waals surface area contributed by atoms with E-state index in [2.05, 4.69) is 16.8 Å². The summed E-state index contributed by atoms with van der Waals surface area (Å²) in [5.41, 5.74) is 2.76. The third-order valence-corrected chi connectivity index (χ3v) is 4.88. The lowest BCUT2D eigenvalue weighted by Gasteiger charge is -2.22. The van der Waals surface area contributed by atoms with Crippen molar-refractivity contribution in [2.24, 2.45) is 0 Å². The Bertz CT molecular complexity index is 848. The molecule has 6 heteroatoms. The molecule has 0 bridgehead atoms. The normalized spacial score (nSPS) is 13.3. The van der Waals surface area contributed by atoms with Crippen molar-refractivity contribution in [2.75, 3.05) is 37.0 Å². The molecule has 1 saturated heterocycles. The molecule has 0 radical (unpaired) electrons. The van der Waals surface area contributed by atoms with Gasteiger partial charge in [0.05, 0.1) is 18.5 Å². The van der Waals surface area contributed by atoms with E-state index in [-0.39, 0.29) is 12.5 Å². The maximum Gasteiger partial charge on any atom is 0.262 e. The number of methoxy groups -OCH3 is 1. The van der Waals surface area contributed by atoms with Gasteiger partial charge in [0.15, 0.2) is 18.1 Å². The van der Waals surface area contributed by atoms with Gasteiger partial charge in [-0.2, -0.15) is 0 Å². The van der Waals surface area contributed by atoms with Crippen LogP contribution in [0.4, 0.5) is 11.4 Å². The first-order chi connectivity index (χ1) is 13.6. The lowest BCUT2D eigenvalue weighted by atomic mass is 10.1. The van der Waals surface area contributed by atoms with E-state index in [4.69, 9.17) is 21.1 Å². The van der Waals surface area contributed by atoms with Crippen molar-refractivity contribution >= 4 is 28.9 Å². The van der Waals surface area contributed by atoms with Gasteiger partial charge in [0.1, 0.15) is 0 Å². The van der Waals surface area contributed by atoms with E-state index >= 15 is 0 Å². The van der Waals surface area contributed by atoms with Crippen molar-refractivity contribution in [2.45, 2.75) is 19.3 Å². The molecule has 0 atom stereocenters. The molecule has 1 fully saturated rings. The van der Waals surface area contributed by atoms with Gasteiger partial charge in [-0.1, -0.05) is 23.7 Å². The molecule has 2 aromatic carbocycles. The molecule has 1 amide bonds. The van der Waals surface area contributed by atoms with Gasteiger partial charge in [-0.25, -0.2) is 0 Å². The topological polar surface area (TPSA) is 50.8 Å². The monoisotopic (exact) mass is 400 g/mol. The Morgan fingerprint density at radius 3 is 2.71 bits per heavy atom. The van der Waals surface area contributed by atoms with Crippen LogP contribution in [-0.4, -0.2) is 32.7 Å². The minimum absolute atomic E-state index is 0.122. The highest BCUT2D eigenvalue weighted by atomic mass is 35.5. The molecule has 3 rings (SSSR count). The molecular formula is C22H25ClN2O3. The van der Waals surface area contributed by atoms with Crippen LogP contribution in [0, 0.1) is 0 Å². The summed E-state index contributed by atoms with van der Waals surface area (Å²) in [6, 6.07) is 11.2. The number of amides is 1. The van der Waals surface area contributed by atoms with Crippen LogP contribution < -0.4 is 19.7 Å². The molecule has 0 unspecified atom stereocenters. The molecule has 5 nitrogen and oxygen atoms in total. The molecule has 0 aliphatic carbocycles. The fourth-order valence-electron chi connectivity index (χ4n) is 3.30. The summed E-state index contributed by atoms with van der Waals surface area (Å²) in [4.78, 5) is 14.7. The minimum Gasteiger partial charge on any atom is -0.493 e. The lowest BCUT2D eigenvalue weighted by Crippen LogP contribution is -2.24. The number of benzene rings is 2. The quantitative estimate of drug-likeness (QED) is 0.653. The molecule has 0 spiro atoms. The third-order valence-electron chi connectivity index (χ3n) is 4.65. The van der Waals surface area contributed by atoms with Crippen molar-refractivity contribution in [3.05, 3.63) is 59.6 Å². The molecule has 28 heavy (non-hydrogen) atoms. The van der Waals surface area contributed by atoms with Crippen molar-refractivity contribution < 1.29 is 14.3 Å². The molecule has 1 aliphatic heterocycles. The van der Waals surface area contributed by atoms with Gasteiger partial charge in [0.2, 0.25) is 0 Å². The highest BCUT2D eigenvalue weighted by Gasteiger charge is 2.18. The fourth-order valence-corrected chi connectivity index (χ4v) is 3.47. The highest BCUT2D eigenvalue weighted by molar-refractivity contribution is 6.31. The van der Waals surface area contributed by atoms with Crippen molar-refractivity contribution in [3.8, 4) is 11.5 Å². The van der Waals surface area contributed by atoms with Gasteiger partial charge >= 0.3 is 0 Å². The van der Waals surface area contributed by atoms with Gasteiger partial charge in [-0.15, -0.1) is 6.58 Å². The van der Waals surface area contributed by atoms with Crippen LogP contribution in [0.25, 0.3) is 0 Å². The van der Waals surface area contributed by atoms with Crippen LogP contribution in [0.2, 0.25) is 5.02 Å². The number of nitrogens with zero attached hydrogens (tertiary/aromatic N) is 1. The number of anilines is 2. The van der Waals surface area contributed by atoms with Crippen molar-refractivity contribution in [1.82, 2.24) is 0 Å². The number of hydrogen-bond acceptors (Lipinski definition) is 4. The lowest BCUT2D eigenvalue weighted by molar-refractivity contribution is -0.118. The maximum absolute atomic E-state index is 12.5. The van der Waals surface area contributed by atoms with Crippen LogP contribution in [0.3, 0.4) is 0 Å². The molecule has 0 aromatic heterocycles. The van der Waals surface area contributed by atoms with E-state index in [1.54, 1.807) is 19.2 Å². The number of allylic oxidation sites excluding steroid dienone is 1. The molecule has 1 N–H and O–H groups in total. The summed E-state index contributed by atoms with van der Waals surface area (Å²) in [7, 11) is 1.58. The van der Waals surface area contributed by atoms with E-state index in [0.717, 1.165) is 43.6 Å². The van der Waals surface area contributed by atoms with Crippen LogP contribution in [0.15, 0.2) is 49.1 Å². The van der Waals surface area contributed by atoms with Gasteiger partial charge in [0.25, 0.3) is 5.91 Å². The largest absolute Gasteiger partial charge is 0.493 e. The van der Waals surface area contributed by atoms with E-state index in [1.807, 2.05) is 30.3 Å². The third kappa shape index (κ3) is 4.98. The van der Waals surface area contributed by atoms with Crippen molar-refractivity contribution in [1.29, 1.82) is 0 Å². The Labute approximate surface area is 170 Å². The summed E-state index contributed by atoms with van der Waals surface area (Å²) in [6.07, 6.45) is 4.87. The molecule has 1 heterocycles. The number of rotatable bonds is 8. The first-order valence-corrected chi connectivity index (χ1v) is 9.73. The zero-order valence-corrected chi connectivity index (χ0v) is 16.8. The van der Waals surface area contributed by atoms with Crippen LogP contribution in [0.1, 0.15) is 18.4 Å². The number of carbonyl (C=O) groups is 1. The van der Waals surface area contributed by atoms with Gasteiger partial charge < -0.3 is 19.7 Å². The minimum atomic E-state index is -0.250.